The van der Waals surface area contributed by atoms with Gasteiger partial charge in [-0.15, -0.1) is 6.42 Å². The molecule has 0 aliphatic heterocycles. The van der Waals surface area contributed by atoms with Crippen LogP contribution in [0.25, 0.3) is 0 Å². The van der Waals surface area contributed by atoms with Gasteiger partial charge in [-0.3, -0.25) is 0 Å². The highest BCUT2D eigenvalue weighted by Gasteiger charge is 2.61. The molecule has 8 atom stereocenters. The molecule has 0 saturated heterocycles. The number of methoxy groups -OCH3 is 1. The number of aliphatic hydroxyl groups is 1. The van der Waals surface area contributed by atoms with Crippen molar-refractivity contribution in [1.82, 2.24) is 0 Å². The lowest BCUT2D eigenvalue weighted by atomic mass is 9.47. The Kier molecular flexibility index (Phi) is 4.37. The van der Waals surface area contributed by atoms with Gasteiger partial charge in [-0.25, -0.2) is 0 Å². The molecule has 4 aliphatic carbocycles. The number of hydrogen-bond acceptors (Lipinski definition) is 2. The van der Waals surface area contributed by atoms with E-state index in [-0.39, 0.29) is 11.3 Å². The lowest BCUT2D eigenvalue weighted by Crippen LogP contribution is -2.52. The van der Waals surface area contributed by atoms with Crippen molar-refractivity contribution in [1.29, 1.82) is 0 Å². The number of allylic oxidation sites excluding steroid dienone is 1. The Bertz CT molecular complexity index is 641. The molecule has 1 N–H and O–H groups in total. The van der Waals surface area contributed by atoms with E-state index in [2.05, 4.69) is 25.8 Å². The number of ether oxygens (including phenoxy) is 1. The fraction of sp³-hybridized carbons (Fsp3) is 0.833. The van der Waals surface area contributed by atoms with Gasteiger partial charge < -0.3 is 9.84 Å². The first-order valence-electron chi connectivity index (χ1n) is 10.7. The minimum absolute atomic E-state index is 0.197. The zero-order valence-electron chi connectivity index (χ0n) is 17.1. The van der Waals surface area contributed by atoms with Gasteiger partial charge in [0.05, 0.1) is 6.10 Å². The highest BCUT2D eigenvalue weighted by Crippen LogP contribution is 2.67. The number of terminal acetylenes is 1. The van der Waals surface area contributed by atoms with Gasteiger partial charge in [0.25, 0.3) is 0 Å². The second-order valence-electron chi connectivity index (χ2n) is 10.3. The summed E-state index contributed by atoms with van der Waals surface area (Å²) < 4.78 is 5.68. The van der Waals surface area contributed by atoms with Crippen LogP contribution in [0.2, 0.25) is 0 Å². The Morgan fingerprint density at radius 2 is 1.96 bits per heavy atom. The summed E-state index contributed by atoms with van der Waals surface area (Å²) in [6, 6.07) is 0. The van der Waals surface area contributed by atoms with Crippen molar-refractivity contribution < 1.29 is 9.84 Å². The highest BCUT2D eigenvalue weighted by molar-refractivity contribution is 5.26. The summed E-state index contributed by atoms with van der Waals surface area (Å²) in [6.45, 7) is 6.83. The van der Waals surface area contributed by atoms with Gasteiger partial charge in [0.1, 0.15) is 5.60 Å². The summed E-state index contributed by atoms with van der Waals surface area (Å²) in [5.74, 6) is 5.22. The maximum atomic E-state index is 10.9. The second-order valence-corrected chi connectivity index (χ2v) is 10.3. The second kappa shape index (κ2) is 6.11. The molecule has 3 fully saturated rings. The Morgan fingerprint density at radius 1 is 1.19 bits per heavy atom. The van der Waals surface area contributed by atoms with Gasteiger partial charge in [0.2, 0.25) is 0 Å². The van der Waals surface area contributed by atoms with E-state index in [0.29, 0.717) is 17.4 Å². The molecule has 0 amide bonds. The number of rotatable bonds is 2. The Hall–Kier alpha value is -0.780. The third-order valence-corrected chi connectivity index (χ3v) is 9.36. The van der Waals surface area contributed by atoms with E-state index in [4.69, 9.17) is 11.2 Å². The quantitative estimate of drug-likeness (QED) is 0.559. The van der Waals surface area contributed by atoms with E-state index in [1.165, 1.54) is 38.5 Å². The van der Waals surface area contributed by atoms with Gasteiger partial charge in [0.15, 0.2) is 0 Å². The Morgan fingerprint density at radius 3 is 2.65 bits per heavy atom. The van der Waals surface area contributed by atoms with Crippen LogP contribution in [0.4, 0.5) is 0 Å². The van der Waals surface area contributed by atoms with Crippen LogP contribution >= 0.6 is 0 Å². The fourth-order valence-corrected chi connectivity index (χ4v) is 7.85. The molecular formula is C24H36O2. The third kappa shape index (κ3) is 2.46. The summed E-state index contributed by atoms with van der Waals surface area (Å²) in [6.07, 6.45) is 18.4. The molecule has 4 aliphatic rings. The van der Waals surface area contributed by atoms with Crippen LogP contribution in [0.5, 0.6) is 0 Å². The van der Waals surface area contributed by atoms with Crippen LogP contribution in [-0.4, -0.2) is 23.9 Å². The summed E-state index contributed by atoms with van der Waals surface area (Å²) in [4.78, 5) is 0. The van der Waals surface area contributed by atoms with Gasteiger partial charge in [-0.1, -0.05) is 31.4 Å². The third-order valence-electron chi connectivity index (χ3n) is 9.36. The van der Waals surface area contributed by atoms with Gasteiger partial charge >= 0.3 is 0 Å². The Labute approximate surface area is 159 Å². The van der Waals surface area contributed by atoms with Crippen LogP contribution in [0.3, 0.4) is 0 Å². The highest BCUT2D eigenvalue weighted by atomic mass is 16.5. The predicted molar refractivity (Wildman–Crippen MR) is 105 cm³/mol. The smallest absolute Gasteiger partial charge is 0.125 e. The average molecular weight is 357 g/mol. The van der Waals surface area contributed by atoms with Gasteiger partial charge in [-0.05, 0) is 86.9 Å². The summed E-state index contributed by atoms with van der Waals surface area (Å²) in [5.41, 5.74) is 1.27. The lowest BCUT2D eigenvalue weighted by Gasteiger charge is -2.58. The van der Waals surface area contributed by atoms with Gasteiger partial charge in [-0.2, -0.15) is 0 Å². The molecular weight excluding hydrogens is 320 g/mol. The molecule has 3 saturated carbocycles. The molecule has 0 radical (unpaired) electrons. The lowest BCUT2D eigenvalue weighted by molar-refractivity contribution is -0.0839. The van der Waals surface area contributed by atoms with Crippen molar-refractivity contribution >= 4 is 0 Å². The normalized spacial score (nSPS) is 49.8. The molecule has 0 bridgehead atoms. The monoisotopic (exact) mass is 356 g/mol. The first kappa shape index (κ1) is 18.6. The van der Waals surface area contributed by atoms with Crippen molar-refractivity contribution in [2.24, 2.45) is 34.5 Å². The molecule has 0 aromatic heterocycles. The molecule has 2 nitrogen and oxygen atoms in total. The van der Waals surface area contributed by atoms with Crippen molar-refractivity contribution in [2.75, 3.05) is 7.11 Å². The minimum Gasteiger partial charge on any atom is -0.381 e. The van der Waals surface area contributed by atoms with Crippen molar-refractivity contribution in [2.45, 2.75) is 83.8 Å². The average Bonchev–Trinajstić information content (AvgIpc) is 2.99. The van der Waals surface area contributed by atoms with E-state index < -0.39 is 5.60 Å². The topological polar surface area (TPSA) is 29.5 Å². The van der Waals surface area contributed by atoms with E-state index in [9.17, 15) is 5.11 Å². The summed E-state index contributed by atoms with van der Waals surface area (Å²) in [5, 5.41) is 10.9. The SMILES string of the molecule is C#CC(C)(O)[C@H]1CC[C@H]2[C@@H]3CC=C4CC(OC)CC[C@]4(C)[C@H]3CC[C@]12C. The van der Waals surface area contributed by atoms with E-state index in [1.807, 2.05) is 14.0 Å². The zero-order chi connectivity index (χ0) is 18.7. The molecule has 0 aromatic rings. The Balaban J connectivity index is 1.63. The van der Waals surface area contributed by atoms with Crippen LogP contribution < -0.4 is 0 Å². The molecule has 2 heteroatoms. The van der Waals surface area contributed by atoms with E-state index >= 15 is 0 Å². The molecule has 0 aromatic carbocycles. The molecule has 26 heavy (non-hydrogen) atoms. The summed E-state index contributed by atoms with van der Waals surface area (Å²) >= 11 is 0. The van der Waals surface area contributed by atoms with Crippen LogP contribution in [0.15, 0.2) is 11.6 Å². The van der Waals surface area contributed by atoms with Crippen LogP contribution in [-0.2, 0) is 4.74 Å². The predicted octanol–water partition coefficient (Wildman–Crippen LogP) is 4.96. The molecule has 144 valence electrons. The number of fused-ring (bicyclic) bond motifs is 5. The maximum absolute atomic E-state index is 10.9. The van der Waals surface area contributed by atoms with Gasteiger partial charge in [0, 0.05) is 13.0 Å². The largest absolute Gasteiger partial charge is 0.381 e. The summed E-state index contributed by atoms with van der Waals surface area (Å²) in [7, 11) is 1.86. The van der Waals surface area contributed by atoms with Crippen molar-refractivity contribution in [3.63, 3.8) is 0 Å². The molecule has 0 heterocycles. The van der Waals surface area contributed by atoms with Crippen molar-refractivity contribution in [3.05, 3.63) is 11.6 Å². The fourth-order valence-electron chi connectivity index (χ4n) is 7.85. The van der Waals surface area contributed by atoms with E-state index in [0.717, 1.165) is 24.7 Å². The minimum atomic E-state index is -0.966. The zero-order valence-corrected chi connectivity index (χ0v) is 17.1. The van der Waals surface area contributed by atoms with Crippen LogP contribution in [0.1, 0.15) is 72.1 Å². The first-order valence-corrected chi connectivity index (χ1v) is 10.7. The molecule has 2 unspecified atom stereocenters. The molecule has 0 spiro atoms. The van der Waals surface area contributed by atoms with Crippen LogP contribution in [0, 0.1) is 46.8 Å². The maximum Gasteiger partial charge on any atom is 0.125 e. The first-order chi connectivity index (χ1) is 12.3. The van der Waals surface area contributed by atoms with Crippen molar-refractivity contribution in [3.8, 4) is 12.3 Å². The number of hydrogen-bond donors (Lipinski definition) is 1. The van der Waals surface area contributed by atoms with E-state index in [1.54, 1.807) is 5.57 Å². The molecule has 4 rings (SSSR count). The standard InChI is InChI=1S/C24H36O2/c1-6-24(4,25)21-10-9-19-18-8-7-16-15-17(26-5)11-13-22(16,2)20(18)12-14-23(19,21)3/h1,7,17-21,25H,8-15H2,2-5H3/t17?,18-,19-,20-,21-,22-,23-,24?/m0/s1.